The van der Waals surface area contributed by atoms with E-state index in [9.17, 15) is 0 Å². The van der Waals surface area contributed by atoms with E-state index in [0.29, 0.717) is 18.2 Å². The maximum atomic E-state index is 5.92. The summed E-state index contributed by atoms with van der Waals surface area (Å²) in [7, 11) is 0. The molecule has 0 N–H and O–H groups in total. The van der Waals surface area contributed by atoms with E-state index in [4.69, 9.17) is 9.15 Å². The Morgan fingerprint density at radius 1 is 1.39 bits per heavy atom. The van der Waals surface area contributed by atoms with Crippen molar-refractivity contribution in [2.45, 2.75) is 38.6 Å². The SMILES string of the molecule is CC(C)N1CCO[C@@H]2CN(Cc3ccoc3)C[C@@H]21. The average Bonchev–Trinajstić information content (AvgIpc) is 2.96. The fourth-order valence-electron chi connectivity index (χ4n) is 3.20. The third-order valence-corrected chi connectivity index (χ3v) is 4.07. The van der Waals surface area contributed by atoms with Crippen LogP contribution < -0.4 is 0 Å². The summed E-state index contributed by atoms with van der Waals surface area (Å²) in [5, 5.41) is 0. The van der Waals surface area contributed by atoms with Gasteiger partial charge in [0.15, 0.2) is 0 Å². The van der Waals surface area contributed by atoms with E-state index in [1.165, 1.54) is 5.56 Å². The molecule has 0 unspecified atom stereocenters. The lowest BCUT2D eigenvalue weighted by Gasteiger charge is -2.39. The third kappa shape index (κ3) is 2.32. The smallest absolute Gasteiger partial charge is 0.0947 e. The van der Waals surface area contributed by atoms with Gasteiger partial charge >= 0.3 is 0 Å². The number of morpholine rings is 1. The van der Waals surface area contributed by atoms with Crippen LogP contribution in [0.2, 0.25) is 0 Å². The number of hydrogen-bond donors (Lipinski definition) is 0. The first-order chi connectivity index (χ1) is 8.74. The number of furan rings is 1. The Labute approximate surface area is 108 Å². The molecule has 2 aliphatic rings. The van der Waals surface area contributed by atoms with Gasteiger partial charge < -0.3 is 9.15 Å². The fraction of sp³-hybridized carbons (Fsp3) is 0.714. The molecule has 100 valence electrons. The van der Waals surface area contributed by atoms with Gasteiger partial charge in [0.1, 0.15) is 0 Å². The first-order valence-corrected chi connectivity index (χ1v) is 6.85. The summed E-state index contributed by atoms with van der Waals surface area (Å²) in [6.45, 7) is 9.62. The highest BCUT2D eigenvalue weighted by atomic mass is 16.5. The largest absolute Gasteiger partial charge is 0.472 e. The Morgan fingerprint density at radius 2 is 2.28 bits per heavy atom. The van der Waals surface area contributed by atoms with Gasteiger partial charge in [-0.05, 0) is 19.9 Å². The van der Waals surface area contributed by atoms with Crippen LogP contribution in [-0.2, 0) is 11.3 Å². The quantitative estimate of drug-likeness (QED) is 0.814. The van der Waals surface area contributed by atoms with E-state index >= 15 is 0 Å². The summed E-state index contributed by atoms with van der Waals surface area (Å²) >= 11 is 0. The van der Waals surface area contributed by atoms with Gasteiger partial charge in [-0.3, -0.25) is 9.80 Å². The highest BCUT2D eigenvalue weighted by molar-refractivity contribution is 5.07. The topological polar surface area (TPSA) is 28.9 Å². The zero-order valence-electron chi connectivity index (χ0n) is 11.2. The molecule has 1 aromatic rings. The second kappa shape index (κ2) is 5.03. The molecular weight excluding hydrogens is 228 g/mol. The lowest BCUT2D eigenvalue weighted by Crippen LogP contribution is -2.53. The Bertz CT molecular complexity index is 377. The van der Waals surface area contributed by atoms with Crippen molar-refractivity contribution in [1.82, 2.24) is 9.80 Å². The van der Waals surface area contributed by atoms with Crippen molar-refractivity contribution in [3.05, 3.63) is 24.2 Å². The van der Waals surface area contributed by atoms with Crippen LogP contribution in [-0.4, -0.2) is 54.2 Å². The molecule has 4 heteroatoms. The minimum atomic E-state index is 0.382. The molecule has 2 saturated heterocycles. The first kappa shape index (κ1) is 12.2. The molecule has 1 aromatic heterocycles. The van der Waals surface area contributed by atoms with E-state index in [1.54, 1.807) is 6.26 Å². The maximum Gasteiger partial charge on any atom is 0.0947 e. The Morgan fingerprint density at radius 3 is 3.00 bits per heavy atom. The van der Waals surface area contributed by atoms with Gasteiger partial charge in [-0.2, -0.15) is 0 Å². The van der Waals surface area contributed by atoms with Crippen molar-refractivity contribution in [2.24, 2.45) is 0 Å². The van der Waals surface area contributed by atoms with Crippen molar-refractivity contribution >= 4 is 0 Å². The number of rotatable bonds is 3. The monoisotopic (exact) mass is 250 g/mol. The van der Waals surface area contributed by atoms with Crippen molar-refractivity contribution in [1.29, 1.82) is 0 Å². The van der Waals surface area contributed by atoms with Crippen LogP contribution in [0, 0.1) is 0 Å². The summed E-state index contributed by atoms with van der Waals surface area (Å²) in [4.78, 5) is 5.06. The molecule has 0 saturated carbocycles. The van der Waals surface area contributed by atoms with Gasteiger partial charge in [0.25, 0.3) is 0 Å². The molecule has 0 amide bonds. The minimum Gasteiger partial charge on any atom is -0.472 e. The lowest BCUT2D eigenvalue weighted by molar-refractivity contribution is -0.0583. The Hall–Kier alpha value is -0.840. The summed E-state index contributed by atoms with van der Waals surface area (Å²) in [6.07, 6.45) is 3.96. The molecule has 18 heavy (non-hydrogen) atoms. The van der Waals surface area contributed by atoms with Crippen LogP contribution >= 0.6 is 0 Å². The summed E-state index contributed by atoms with van der Waals surface area (Å²) in [5.41, 5.74) is 1.25. The van der Waals surface area contributed by atoms with Crippen molar-refractivity contribution in [3.8, 4) is 0 Å². The van der Waals surface area contributed by atoms with Gasteiger partial charge in [0, 0.05) is 37.8 Å². The molecule has 3 rings (SSSR count). The molecule has 0 aliphatic carbocycles. The van der Waals surface area contributed by atoms with Gasteiger partial charge in [-0.25, -0.2) is 0 Å². The molecule has 0 aromatic carbocycles. The van der Waals surface area contributed by atoms with E-state index in [0.717, 1.165) is 32.8 Å². The zero-order chi connectivity index (χ0) is 12.5. The van der Waals surface area contributed by atoms with Crippen LogP contribution in [0.15, 0.2) is 23.0 Å². The van der Waals surface area contributed by atoms with Gasteiger partial charge in [0.2, 0.25) is 0 Å². The van der Waals surface area contributed by atoms with Crippen molar-refractivity contribution in [3.63, 3.8) is 0 Å². The fourth-order valence-corrected chi connectivity index (χ4v) is 3.20. The van der Waals surface area contributed by atoms with Gasteiger partial charge in [-0.15, -0.1) is 0 Å². The predicted molar refractivity (Wildman–Crippen MR) is 69.4 cm³/mol. The molecular formula is C14H22N2O2. The minimum absolute atomic E-state index is 0.382. The standard InChI is InChI=1S/C14H22N2O2/c1-11(2)16-4-6-18-14-9-15(8-13(14)16)7-12-3-5-17-10-12/h3,5,10-11,13-14H,4,6-9H2,1-2H3/t13-,14+/m0/s1. The highest BCUT2D eigenvalue weighted by Crippen LogP contribution is 2.25. The summed E-state index contributed by atoms with van der Waals surface area (Å²) < 4.78 is 11.1. The maximum absolute atomic E-state index is 5.92. The van der Waals surface area contributed by atoms with Crippen LogP contribution in [0.4, 0.5) is 0 Å². The van der Waals surface area contributed by atoms with Gasteiger partial charge in [0.05, 0.1) is 31.3 Å². The summed E-state index contributed by atoms with van der Waals surface area (Å²) in [5.74, 6) is 0. The number of hydrogen-bond acceptors (Lipinski definition) is 4. The molecule has 0 radical (unpaired) electrons. The number of fused-ring (bicyclic) bond motifs is 1. The number of nitrogens with zero attached hydrogens (tertiary/aromatic N) is 2. The number of ether oxygens (including phenoxy) is 1. The van der Waals surface area contributed by atoms with E-state index in [1.807, 2.05) is 12.3 Å². The molecule has 2 atom stereocenters. The molecule has 0 spiro atoms. The van der Waals surface area contributed by atoms with Crippen molar-refractivity contribution < 1.29 is 9.15 Å². The molecule has 2 fully saturated rings. The molecule has 0 bridgehead atoms. The van der Waals surface area contributed by atoms with Crippen molar-refractivity contribution in [2.75, 3.05) is 26.2 Å². The molecule has 4 nitrogen and oxygen atoms in total. The second-order valence-electron chi connectivity index (χ2n) is 5.63. The van der Waals surface area contributed by atoms with Gasteiger partial charge in [-0.1, -0.05) is 0 Å². The van der Waals surface area contributed by atoms with Crippen LogP contribution in [0.3, 0.4) is 0 Å². The number of likely N-dealkylation sites (tertiary alicyclic amines) is 1. The van der Waals surface area contributed by atoms with Crippen LogP contribution in [0.25, 0.3) is 0 Å². The second-order valence-corrected chi connectivity index (χ2v) is 5.63. The first-order valence-electron chi connectivity index (χ1n) is 6.85. The lowest BCUT2D eigenvalue weighted by atomic mass is 10.1. The van der Waals surface area contributed by atoms with Crippen LogP contribution in [0.5, 0.6) is 0 Å². The van der Waals surface area contributed by atoms with E-state index in [-0.39, 0.29) is 0 Å². The molecule has 2 aliphatic heterocycles. The third-order valence-electron chi connectivity index (χ3n) is 4.07. The normalized spacial score (nSPS) is 29.9. The average molecular weight is 250 g/mol. The summed E-state index contributed by atoms with van der Waals surface area (Å²) in [6, 6.07) is 3.21. The highest BCUT2D eigenvalue weighted by Gasteiger charge is 2.40. The van der Waals surface area contributed by atoms with E-state index in [2.05, 4.69) is 23.6 Å². The zero-order valence-corrected chi connectivity index (χ0v) is 11.2. The van der Waals surface area contributed by atoms with E-state index < -0.39 is 0 Å². The predicted octanol–water partition coefficient (Wildman–Crippen LogP) is 1.57. The Balaban J connectivity index is 1.65. The van der Waals surface area contributed by atoms with Crippen LogP contribution in [0.1, 0.15) is 19.4 Å². The Kier molecular flexibility index (Phi) is 3.41. The molecule has 3 heterocycles.